The molecule has 1 unspecified atom stereocenters. The fourth-order valence-electron chi connectivity index (χ4n) is 1.50. The molecular weight excluding hydrogens is 282 g/mol. The minimum Gasteiger partial charge on any atom is -0.373 e. The molecule has 0 fully saturated rings. The van der Waals surface area contributed by atoms with Gasteiger partial charge in [-0.05, 0) is 6.92 Å². The molecule has 1 atom stereocenters. The molecule has 0 spiro atoms. The lowest BCUT2D eigenvalue weighted by molar-refractivity contribution is -0.167. The van der Waals surface area contributed by atoms with Crippen LogP contribution in [0, 0.1) is 0 Å². The molecule has 10 heteroatoms. The van der Waals surface area contributed by atoms with Crippen LogP contribution >= 0.6 is 0 Å². The van der Waals surface area contributed by atoms with Gasteiger partial charge in [0.05, 0.1) is 12.6 Å². The third-order valence-corrected chi connectivity index (χ3v) is 2.59. The molecule has 3 N–H and O–H groups in total. The number of nitrogens with one attached hydrogen (secondary N) is 1. The van der Waals surface area contributed by atoms with Gasteiger partial charge in [0.2, 0.25) is 0 Å². The van der Waals surface area contributed by atoms with Crippen LogP contribution in [0.5, 0.6) is 0 Å². The second-order valence-corrected chi connectivity index (χ2v) is 4.14. The monoisotopic (exact) mass is 299 g/mol. The molecule has 0 saturated heterocycles. The van der Waals surface area contributed by atoms with Crippen molar-refractivity contribution < 1.29 is 22.3 Å². The molecule has 0 amide bonds. The van der Waals surface area contributed by atoms with E-state index in [2.05, 4.69) is 20.2 Å². The molecule has 1 aromatic heterocycles. The summed E-state index contributed by atoms with van der Waals surface area (Å²) in [5.74, 6) is 1.70. The number of ether oxygens (including phenoxy) is 1. The number of hydrogen-bond donors (Lipinski definition) is 2. The molecule has 20 heavy (non-hydrogen) atoms. The second kappa shape index (κ2) is 7.50. The molecule has 1 aromatic rings. The normalized spacial score (nSPS) is 13.9. The summed E-state index contributed by atoms with van der Waals surface area (Å²) in [6.45, 7) is 0.860. The molecule has 0 aliphatic heterocycles. The van der Waals surface area contributed by atoms with Gasteiger partial charge in [0.15, 0.2) is 0 Å². The van der Waals surface area contributed by atoms with Crippen LogP contribution in [0.15, 0.2) is 6.33 Å². The summed E-state index contributed by atoms with van der Waals surface area (Å²) in [6, 6.07) is -0.530. The van der Waals surface area contributed by atoms with Crippen molar-refractivity contribution in [2.24, 2.45) is 5.84 Å². The summed E-state index contributed by atoms with van der Waals surface area (Å²) in [5, 5.41) is 3.94. The van der Waals surface area contributed by atoms with Crippen molar-refractivity contribution in [3.05, 3.63) is 12.2 Å². The highest BCUT2D eigenvalue weighted by Crippen LogP contribution is 2.22. The minimum atomic E-state index is -4.16. The van der Waals surface area contributed by atoms with Gasteiger partial charge >= 0.3 is 12.3 Å². The van der Waals surface area contributed by atoms with Crippen LogP contribution in [0.2, 0.25) is 0 Å². The van der Waals surface area contributed by atoms with Crippen molar-refractivity contribution in [2.45, 2.75) is 38.3 Å². The average molecular weight is 299 g/mol. The second-order valence-electron chi connectivity index (χ2n) is 4.14. The first-order chi connectivity index (χ1) is 9.40. The molecule has 0 aromatic carbocycles. The minimum absolute atomic E-state index is 0.241. The van der Waals surface area contributed by atoms with E-state index in [0.29, 0.717) is 12.4 Å². The van der Waals surface area contributed by atoms with Crippen LogP contribution in [0.1, 0.15) is 12.7 Å². The van der Waals surface area contributed by atoms with Gasteiger partial charge < -0.3 is 4.74 Å². The number of hydrogen-bond acceptors (Lipinski definition) is 5. The Morgan fingerprint density at radius 1 is 1.50 bits per heavy atom. The number of aryl methyl sites for hydroxylation is 1. The molecule has 0 saturated carbocycles. The lowest BCUT2D eigenvalue weighted by atomic mass is 10.2. The van der Waals surface area contributed by atoms with Crippen LogP contribution in [0.4, 0.5) is 17.6 Å². The zero-order chi connectivity index (χ0) is 15.2. The average Bonchev–Trinajstić information content (AvgIpc) is 2.84. The van der Waals surface area contributed by atoms with E-state index in [1.165, 1.54) is 6.33 Å². The SMILES string of the molecule is CCn1ncnc1CC(COCC(F)(F)C(F)F)NN. The van der Waals surface area contributed by atoms with E-state index in [-0.39, 0.29) is 13.0 Å². The quantitative estimate of drug-likeness (QED) is 0.396. The maximum Gasteiger partial charge on any atom is 0.330 e. The highest BCUT2D eigenvalue weighted by molar-refractivity contribution is 4.89. The molecule has 6 nitrogen and oxygen atoms in total. The molecule has 0 bridgehead atoms. The first-order valence-corrected chi connectivity index (χ1v) is 5.97. The molecule has 0 radical (unpaired) electrons. The van der Waals surface area contributed by atoms with E-state index in [1.54, 1.807) is 4.68 Å². The summed E-state index contributed by atoms with van der Waals surface area (Å²) in [7, 11) is 0. The van der Waals surface area contributed by atoms with E-state index in [0.717, 1.165) is 0 Å². The highest BCUT2D eigenvalue weighted by Gasteiger charge is 2.41. The lowest BCUT2D eigenvalue weighted by Crippen LogP contribution is -2.42. The lowest BCUT2D eigenvalue weighted by Gasteiger charge is -2.19. The Morgan fingerprint density at radius 2 is 2.20 bits per heavy atom. The number of nitrogens with zero attached hydrogens (tertiary/aromatic N) is 3. The Kier molecular flexibility index (Phi) is 6.30. The Balaban J connectivity index is 2.44. The fraction of sp³-hybridized carbons (Fsp3) is 0.800. The Bertz CT molecular complexity index is 401. The van der Waals surface area contributed by atoms with Gasteiger partial charge in [-0.1, -0.05) is 0 Å². The first-order valence-electron chi connectivity index (χ1n) is 5.97. The van der Waals surface area contributed by atoms with Gasteiger partial charge in [0, 0.05) is 13.0 Å². The molecule has 116 valence electrons. The zero-order valence-electron chi connectivity index (χ0n) is 10.9. The smallest absolute Gasteiger partial charge is 0.330 e. The molecule has 1 heterocycles. The van der Waals surface area contributed by atoms with Gasteiger partial charge in [-0.3, -0.25) is 16.0 Å². The molecular formula is C10H17F4N5O. The summed E-state index contributed by atoms with van der Waals surface area (Å²) < 4.78 is 55.4. The number of alkyl halides is 4. The third kappa shape index (κ3) is 4.69. The van der Waals surface area contributed by atoms with Crippen molar-refractivity contribution in [3.8, 4) is 0 Å². The summed E-state index contributed by atoms with van der Waals surface area (Å²) in [4.78, 5) is 3.99. The van der Waals surface area contributed by atoms with Crippen molar-refractivity contribution in [3.63, 3.8) is 0 Å². The Hall–Kier alpha value is -1.26. The van der Waals surface area contributed by atoms with Crippen LogP contribution in [-0.4, -0.2) is 46.4 Å². The number of rotatable bonds is 9. The Labute approximate surface area is 113 Å². The summed E-state index contributed by atoms with van der Waals surface area (Å²) in [5.41, 5.74) is 2.37. The number of halogens is 4. The number of nitrogens with two attached hydrogens (primary N) is 1. The highest BCUT2D eigenvalue weighted by atomic mass is 19.3. The maximum absolute atomic E-state index is 12.6. The van der Waals surface area contributed by atoms with Crippen molar-refractivity contribution in [1.29, 1.82) is 0 Å². The standard InChI is InChI=1S/C10H17F4N5O/c1-2-19-8(16-6-17-19)3-7(18-15)4-20-5-10(13,14)9(11)12/h6-7,9,18H,2-5,15H2,1H3. The van der Waals surface area contributed by atoms with Gasteiger partial charge in [-0.2, -0.15) is 13.9 Å². The predicted molar refractivity (Wildman–Crippen MR) is 62.3 cm³/mol. The fourth-order valence-corrected chi connectivity index (χ4v) is 1.50. The van der Waals surface area contributed by atoms with E-state index < -0.39 is 25.0 Å². The predicted octanol–water partition coefficient (Wildman–Crippen LogP) is 0.589. The van der Waals surface area contributed by atoms with E-state index in [9.17, 15) is 17.6 Å². The van der Waals surface area contributed by atoms with Crippen molar-refractivity contribution >= 4 is 0 Å². The van der Waals surface area contributed by atoms with E-state index in [1.807, 2.05) is 6.92 Å². The molecule has 1 rings (SSSR count). The summed E-state index contributed by atoms with van der Waals surface area (Å²) >= 11 is 0. The number of hydrazine groups is 1. The third-order valence-electron chi connectivity index (χ3n) is 2.59. The maximum atomic E-state index is 12.6. The summed E-state index contributed by atoms with van der Waals surface area (Å²) in [6.07, 6.45) is -2.11. The topological polar surface area (TPSA) is 78.0 Å². The molecule has 0 aliphatic carbocycles. The Morgan fingerprint density at radius 3 is 2.75 bits per heavy atom. The van der Waals surface area contributed by atoms with Crippen LogP contribution in [0.25, 0.3) is 0 Å². The van der Waals surface area contributed by atoms with Gasteiger partial charge in [-0.25, -0.2) is 13.8 Å². The molecule has 0 aliphatic rings. The largest absolute Gasteiger partial charge is 0.373 e. The van der Waals surface area contributed by atoms with E-state index >= 15 is 0 Å². The van der Waals surface area contributed by atoms with E-state index in [4.69, 9.17) is 5.84 Å². The van der Waals surface area contributed by atoms with Gasteiger partial charge in [0.25, 0.3) is 0 Å². The van der Waals surface area contributed by atoms with Crippen LogP contribution in [-0.2, 0) is 17.7 Å². The number of aromatic nitrogens is 3. The first kappa shape index (κ1) is 16.8. The van der Waals surface area contributed by atoms with Crippen LogP contribution in [0.3, 0.4) is 0 Å². The van der Waals surface area contributed by atoms with Gasteiger partial charge in [-0.15, -0.1) is 0 Å². The van der Waals surface area contributed by atoms with Crippen LogP contribution < -0.4 is 11.3 Å². The van der Waals surface area contributed by atoms with Crippen molar-refractivity contribution in [2.75, 3.05) is 13.2 Å². The van der Waals surface area contributed by atoms with Crippen molar-refractivity contribution in [1.82, 2.24) is 20.2 Å². The zero-order valence-corrected chi connectivity index (χ0v) is 10.9. The van der Waals surface area contributed by atoms with Gasteiger partial charge in [0.1, 0.15) is 18.8 Å².